The van der Waals surface area contributed by atoms with E-state index in [0.717, 1.165) is 25.5 Å². The second kappa shape index (κ2) is 13.5. The molecule has 1 aromatic rings. The molecule has 0 bridgehead atoms. The summed E-state index contributed by atoms with van der Waals surface area (Å²) in [5.41, 5.74) is 1.74. The molecule has 6 nitrogen and oxygen atoms in total. The second-order valence-corrected chi connectivity index (χ2v) is 17.7. The van der Waals surface area contributed by atoms with Crippen LogP contribution in [0.15, 0.2) is 41.5 Å². The van der Waals surface area contributed by atoms with E-state index in [1.54, 1.807) is 12.1 Å². The number of rotatable bonds is 14. The fraction of sp³-hybridized carbons (Fsp3) is 0.586. The molecule has 1 aromatic carbocycles. The smallest absolute Gasteiger partial charge is 0.306 e. The topological polar surface area (TPSA) is 71.1 Å². The Balaban J connectivity index is 2.66. The van der Waals surface area contributed by atoms with Gasteiger partial charge in [-0.2, -0.15) is 8.42 Å². The summed E-state index contributed by atoms with van der Waals surface area (Å²) in [4.78, 5) is 0. The summed E-state index contributed by atoms with van der Waals surface area (Å²) in [6.45, 7) is 18.1. The van der Waals surface area contributed by atoms with Gasteiger partial charge in [0.2, 0.25) is 0 Å². The van der Waals surface area contributed by atoms with Crippen LogP contribution in [0.2, 0.25) is 18.1 Å². The van der Waals surface area contributed by atoms with Gasteiger partial charge in [0.05, 0.1) is 20.0 Å². The minimum atomic E-state index is -3.68. The van der Waals surface area contributed by atoms with E-state index in [1.807, 2.05) is 6.92 Å². The van der Waals surface area contributed by atoms with E-state index in [1.165, 1.54) is 24.3 Å². The monoisotopic (exact) mass is 550 g/mol. The lowest BCUT2D eigenvalue weighted by atomic mass is 9.99. The van der Waals surface area contributed by atoms with Crippen LogP contribution in [-0.2, 0) is 14.5 Å². The number of benzene rings is 1. The quantitative estimate of drug-likeness (QED) is 0.105. The van der Waals surface area contributed by atoms with Crippen LogP contribution in [0, 0.1) is 12.3 Å². The third-order valence-electron chi connectivity index (χ3n) is 6.64. The molecule has 0 aliphatic carbocycles. The Kier molecular flexibility index (Phi) is 12.0. The molecule has 0 amide bonds. The number of hydrogen-bond acceptors (Lipinski definition) is 6. The zero-order valence-corrected chi connectivity index (χ0v) is 26.2. The maximum absolute atomic E-state index is 11.5. The van der Waals surface area contributed by atoms with E-state index >= 15 is 0 Å². The molecule has 0 heterocycles. The summed E-state index contributed by atoms with van der Waals surface area (Å²) in [6, 6.07) is 4.67. The molecule has 37 heavy (non-hydrogen) atoms. The Hall–Kier alpha value is -2.21. The third kappa shape index (κ3) is 11.8. The van der Waals surface area contributed by atoms with Gasteiger partial charge in [-0.3, -0.25) is 0 Å². The zero-order valence-electron chi connectivity index (χ0n) is 24.4. The van der Waals surface area contributed by atoms with Gasteiger partial charge in [0.25, 0.3) is 0 Å². The third-order valence-corrected chi connectivity index (χ3v) is 11.6. The largest absolute Gasteiger partial charge is 0.493 e. The summed E-state index contributed by atoms with van der Waals surface area (Å²) >= 11 is 0. The molecule has 208 valence electrons. The van der Waals surface area contributed by atoms with E-state index in [4.69, 9.17) is 24.5 Å². The Morgan fingerprint density at radius 1 is 1.05 bits per heavy atom. The predicted molar refractivity (Wildman–Crippen MR) is 155 cm³/mol. The van der Waals surface area contributed by atoms with Crippen molar-refractivity contribution in [2.24, 2.45) is 0 Å². The highest BCUT2D eigenvalue weighted by Crippen LogP contribution is 2.37. The van der Waals surface area contributed by atoms with Crippen LogP contribution < -0.4 is 13.7 Å². The number of ether oxygens (including phenoxy) is 2. The predicted octanol–water partition coefficient (Wildman–Crippen LogP) is 7.28. The van der Waals surface area contributed by atoms with Crippen molar-refractivity contribution in [2.75, 3.05) is 20.0 Å². The normalized spacial score (nSPS) is 15.1. The van der Waals surface area contributed by atoms with Crippen molar-refractivity contribution in [3.8, 4) is 29.6 Å². The fourth-order valence-electron chi connectivity index (χ4n) is 3.17. The lowest BCUT2D eigenvalue weighted by Gasteiger charge is -2.36. The van der Waals surface area contributed by atoms with Gasteiger partial charge in [-0.1, -0.05) is 50.0 Å². The number of terminal acetylenes is 1. The van der Waals surface area contributed by atoms with Gasteiger partial charge in [0.15, 0.2) is 25.4 Å². The van der Waals surface area contributed by atoms with E-state index in [-0.39, 0.29) is 16.5 Å². The van der Waals surface area contributed by atoms with E-state index in [9.17, 15) is 8.42 Å². The number of methoxy groups -OCH3 is 1. The summed E-state index contributed by atoms with van der Waals surface area (Å²) in [5.74, 6) is 3.56. The summed E-state index contributed by atoms with van der Waals surface area (Å²) in [5, 5.41) is 0.214. The van der Waals surface area contributed by atoms with Gasteiger partial charge >= 0.3 is 10.1 Å². The highest BCUT2D eigenvalue weighted by atomic mass is 32.2. The van der Waals surface area contributed by atoms with Crippen molar-refractivity contribution in [3.05, 3.63) is 41.5 Å². The maximum Gasteiger partial charge on any atom is 0.306 e. The van der Waals surface area contributed by atoms with Crippen LogP contribution in [0.4, 0.5) is 0 Å². The molecule has 1 unspecified atom stereocenters. The van der Waals surface area contributed by atoms with Crippen molar-refractivity contribution in [2.45, 2.75) is 91.0 Å². The first kappa shape index (κ1) is 32.8. The van der Waals surface area contributed by atoms with Gasteiger partial charge in [0.1, 0.15) is 5.75 Å². The van der Waals surface area contributed by atoms with Gasteiger partial charge in [0, 0.05) is 12.5 Å². The van der Waals surface area contributed by atoms with Crippen LogP contribution in [0.5, 0.6) is 17.2 Å². The van der Waals surface area contributed by atoms with Gasteiger partial charge in [-0.25, -0.2) is 0 Å². The molecule has 0 fully saturated rings. The molecule has 1 rings (SSSR count). The molecule has 0 aromatic heterocycles. The molecule has 0 radical (unpaired) electrons. The van der Waals surface area contributed by atoms with Crippen LogP contribution in [0.3, 0.4) is 0 Å². The first-order valence-corrected chi connectivity index (χ1v) is 17.3. The summed E-state index contributed by atoms with van der Waals surface area (Å²) < 4.78 is 45.5. The molecule has 0 aliphatic heterocycles. The second-order valence-electron chi connectivity index (χ2n) is 11.3. The number of hydrogen-bond donors (Lipinski definition) is 0. The van der Waals surface area contributed by atoms with E-state index in [0.29, 0.717) is 18.8 Å². The van der Waals surface area contributed by atoms with E-state index in [2.05, 4.69) is 65.8 Å². The Morgan fingerprint density at radius 2 is 1.68 bits per heavy atom. The Labute approximate surface area is 226 Å². The van der Waals surface area contributed by atoms with Gasteiger partial charge in [-0.15, -0.1) is 6.42 Å². The molecule has 0 spiro atoms. The summed E-state index contributed by atoms with van der Waals surface area (Å²) in [6.07, 6.45) is 14.6. The molecule has 0 saturated carbocycles. The van der Waals surface area contributed by atoms with Crippen molar-refractivity contribution >= 4 is 18.4 Å². The van der Waals surface area contributed by atoms with Crippen LogP contribution in [-0.4, -0.2) is 42.3 Å². The van der Waals surface area contributed by atoms with Crippen LogP contribution in [0.1, 0.15) is 67.2 Å². The SMILES string of the molecule is C#CC(C)(CC/C=C(\C)CC/C=C(\C)CO[Si](C)(C)C(C)(C)C)Oc1ccc(OS(C)(=O)=O)c(OC)c1. The van der Waals surface area contributed by atoms with Gasteiger partial charge < -0.3 is 18.1 Å². The minimum absolute atomic E-state index is 0.0918. The van der Waals surface area contributed by atoms with Crippen LogP contribution >= 0.6 is 0 Å². The first-order valence-electron chi connectivity index (χ1n) is 12.6. The van der Waals surface area contributed by atoms with Gasteiger partial charge in [-0.05, 0) is 70.3 Å². The number of allylic oxidation sites excluding steroid dienone is 3. The van der Waals surface area contributed by atoms with Crippen molar-refractivity contribution < 1.29 is 26.5 Å². The first-order chi connectivity index (χ1) is 16.9. The molecule has 1 atom stereocenters. The molecule has 0 aliphatic rings. The highest BCUT2D eigenvalue weighted by molar-refractivity contribution is 7.86. The molecular weight excluding hydrogens is 504 g/mol. The Bertz CT molecular complexity index is 1110. The standard InChI is InChI=1S/C29H46O6SSi/c1-12-29(7,34-25-18-19-26(27(21-25)32-8)35-36(9,30)31)20-14-17-23(2)15-13-16-24(3)22-33-37(10,11)28(4,5)6/h1,16-19,21H,13-15,20,22H2,2-11H3/b23-17+,24-16+. The summed E-state index contributed by atoms with van der Waals surface area (Å²) in [7, 11) is -3.98. The van der Waals surface area contributed by atoms with Crippen molar-refractivity contribution in [1.29, 1.82) is 0 Å². The minimum Gasteiger partial charge on any atom is -0.493 e. The highest BCUT2D eigenvalue weighted by Gasteiger charge is 2.36. The average Bonchev–Trinajstić information content (AvgIpc) is 2.77. The average molecular weight is 551 g/mol. The van der Waals surface area contributed by atoms with Crippen molar-refractivity contribution in [1.82, 2.24) is 0 Å². The van der Waals surface area contributed by atoms with Crippen LogP contribution in [0.25, 0.3) is 0 Å². The fourth-order valence-corrected chi connectivity index (χ4v) is 4.65. The molecular formula is C29H46O6SSi. The lowest BCUT2D eigenvalue weighted by Crippen LogP contribution is -2.41. The molecule has 0 saturated heterocycles. The Morgan fingerprint density at radius 3 is 2.22 bits per heavy atom. The lowest BCUT2D eigenvalue weighted by molar-refractivity contribution is 0.141. The maximum atomic E-state index is 11.5. The zero-order chi connectivity index (χ0) is 28.5. The van der Waals surface area contributed by atoms with E-state index < -0.39 is 24.0 Å². The molecule has 8 heteroatoms. The van der Waals surface area contributed by atoms with Crippen molar-refractivity contribution in [3.63, 3.8) is 0 Å². The molecule has 0 N–H and O–H groups in total.